The zero-order valence-electron chi connectivity index (χ0n) is 14.7. The van der Waals surface area contributed by atoms with E-state index >= 15 is 0 Å². The summed E-state index contributed by atoms with van der Waals surface area (Å²) in [5, 5.41) is 0. The highest BCUT2D eigenvalue weighted by atomic mass is 15.3. The first kappa shape index (κ1) is 16.8. The Morgan fingerprint density at radius 2 is 1.59 bits per heavy atom. The Labute approximate surface area is 135 Å². The Bertz CT molecular complexity index is 479. The fraction of sp³-hybridized carbons (Fsp3) is 0.611. The first-order chi connectivity index (χ1) is 10.4. The maximum atomic E-state index is 4.91. The van der Waals surface area contributed by atoms with Gasteiger partial charge in [0.1, 0.15) is 0 Å². The van der Waals surface area contributed by atoms with Gasteiger partial charge in [-0.2, -0.15) is 0 Å². The Hall–Kier alpha value is -1.55. The van der Waals surface area contributed by atoms with Gasteiger partial charge in [-0.05, 0) is 31.9 Å². The summed E-state index contributed by atoms with van der Waals surface area (Å²) in [6.45, 7) is 1.87. The predicted molar refractivity (Wildman–Crippen MR) is 94.2 cm³/mol. The summed E-state index contributed by atoms with van der Waals surface area (Å²) in [7, 11) is 10.5. The average Bonchev–Trinajstić information content (AvgIpc) is 2.41. The quantitative estimate of drug-likeness (QED) is 0.616. The second-order valence-electron chi connectivity index (χ2n) is 6.82. The van der Waals surface area contributed by atoms with Crippen molar-refractivity contribution in [1.82, 2.24) is 14.7 Å². The molecule has 1 aliphatic rings. The number of guanidine groups is 1. The highest BCUT2D eigenvalue weighted by molar-refractivity contribution is 5.79. The van der Waals surface area contributed by atoms with E-state index in [0.717, 1.165) is 19.0 Å². The van der Waals surface area contributed by atoms with Gasteiger partial charge in [-0.15, -0.1) is 0 Å². The third-order valence-corrected chi connectivity index (χ3v) is 4.67. The van der Waals surface area contributed by atoms with Crippen LogP contribution in [-0.2, 0) is 6.54 Å². The van der Waals surface area contributed by atoms with Crippen LogP contribution in [0, 0.1) is 0 Å². The molecule has 0 aliphatic heterocycles. The molecule has 0 amide bonds. The van der Waals surface area contributed by atoms with E-state index in [-0.39, 0.29) is 5.54 Å². The zero-order valence-corrected chi connectivity index (χ0v) is 14.7. The molecule has 1 saturated carbocycles. The molecule has 1 aromatic rings. The summed E-state index contributed by atoms with van der Waals surface area (Å²) in [6, 6.07) is 10.7. The molecule has 4 nitrogen and oxygen atoms in total. The molecule has 0 aromatic heterocycles. The molecule has 2 rings (SSSR count). The van der Waals surface area contributed by atoms with E-state index in [1.807, 2.05) is 0 Å². The van der Waals surface area contributed by atoms with Gasteiger partial charge in [0.25, 0.3) is 0 Å². The minimum absolute atomic E-state index is 0.229. The number of rotatable bonds is 5. The molecule has 122 valence electrons. The van der Waals surface area contributed by atoms with Crippen molar-refractivity contribution in [3.8, 4) is 0 Å². The Morgan fingerprint density at radius 3 is 2.05 bits per heavy atom. The van der Waals surface area contributed by atoms with Gasteiger partial charge < -0.3 is 9.80 Å². The molecule has 0 unspecified atom stereocenters. The average molecular weight is 302 g/mol. The lowest BCUT2D eigenvalue weighted by molar-refractivity contribution is 0.0399. The number of hydrogen-bond acceptors (Lipinski definition) is 2. The summed E-state index contributed by atoms with van der Waals surface area (Å²) >= 11 is 0. The topological polar surface area (TPSA) is 22.1 Å². The van der Waals surface area contributed by atoms with E-state index in [4.69, 9.17) is 4.99 Å². The maximum absolute atomic E-state index is 4.91. The molecule has 0 atom stereocenters. The molecular weight excluding hydrogens is 272 g/mol. The van der Waals surface area contributed by atoms with Gasteiger partial charge in [-0.25, -0.2) is 0 Å². The van der Waals surface area contributed by atoms with Crippen molar-refractivity contribution >= 4 is 5.96 Å². The molecule has 4 heteroatoms. The number of benzene rings is 1. The minimum atomic E-state index is 0.229. The zero-order chi connectivity index (χ0) is 16.2. The predicted octanol–water partition coefficient (Wildman–Crippen LogP) is 2.52. The van der Waals surface area contributed by atoms with Crippen molar-refractivity contribution < 1.29 is 0 Å². The standard InChI is InChI=1S/C18H30N4/c1-20(2)17(21(3)4)19-15-18(12-9-13-18)22(5)14-16-10-7-6-8-11-16/h6-8,10-11H,9,12-15H2,1-5H3. The molecule has 1 aliphatic carbocycles. The fourth-order valence-corrected chi connectivity index (χ4v) is 3.17. The van der Waals surface area contributed by atoms with Crippen LogP contribution in [0.15, 0.2) is 35.3 Å². The SMILES string of the molecule is CN(C)C(=NCC1(N(C)Cc2ccccc2)CCC1)N(C)C. The van der Waals surface area contributed by atoms with Crippen LogP contribution < -0.4 is 0 Å². The van der Waals surface area contributed by atoms with E-state index in [1.54, 1.807) is 0 Å². The Kier molecular flexibility index (Phi) is 5.46. The van der Waals surface area contributed by atoms with Crippen molar-refractivity contribution in [1.29, 1.82) is 0 Å². The molecule has 0 N–H and O–H groups in total. The molecule has 0 bridgehead atoms. The van der Waals surface area contributed by atoms with Crippen LogP contribution in [0.4, 0.5) is 0 Å². The Balaban J connectivity index is 2.07. The van der Waals surface area contributed by atoms with Crippen LogP contribution in [0.25, 0.3) is 0 Å². The smallest absolute Gasteiger partial charge is 0.195 e. The summed E-state index contributed by atoms with van der Waals surface area (Å²) in [5.74, 6) is 1.04. The fourth-order valence-electron chi connectivity index (χ4n) is 3.17. The van der Waals surface area contributed by atoms with Crippen molar-refractivity contribution in [2.45, 2.75) is 31.3 Å². The van der Waals surface area contributed by atoms with Gasteiger partial charge in [-0.1, -0.05) is 30.3 Å². The number of likely N-dealkylation sites (N-methyl/N-ethyl adjacent to an activating group) is 1. The molecule has 0 heterocycles. The second kappa shape index (κ2) is 7.14. The lowest BCUT2D eigenvalue weighted by Gasteiger charge is -2.48. The number of aliphatic imine (C=N–C) groups is 1. The third kappa shape index (κ3) is 3.80. The van der Waals surface area contributed by atoms with Crippen molar-refractivity contribution in [3.05, 3.63) is 35.9 Å². The summed E-state index contributed by atoms with van der Waals surface area (Å²) < 4.78 is 0. The van der Waals surface area contributed by atoms with E-state index in [2.05, 4.69) is 80.3 Å². The molecule has 0 radical (unpaired) electrons. The largest absolute Gasteiger partial charge is 0.349 e. The summed E-state index contributed by atoms with van der Waals surface area (Å²) in [4.78, 5) is 11.6. The molecule has 0 saturated heterocycles. The van der Waals surface area contributed by atoms with Gasteiger partial charge in [0.2, 0.25) is 0 Å². The normalized spacial score (nSPS) is 16.1. The third-order valence-electron chi connectivity index (χ3n) is 4.67. The summed E-state index contributed by atoms with van der Waals surface area (Å²) in [5.41, 5.74) is 1.60. The van der Waals surface area contributed by atoms with Gasteiger partial charge in [0.15, 0.2) is 5.96 Å². The van der Waals surface area contributed by atoms with E-state index in [1.165, 1.54) is 24.8 Å². The first-order valence-electron chi connectivity index (χ1n) is 8.09. The van der Waals surface area contributed by atoms with Gasteiger partial charge in [0, 0.05) is 40.3 Å². The van der Waals surface area contributed by atoms with Gasteiger partial charge in [-0.3, -0.25) is 9.89 Å². The van der Waals surface area contributed by atoms with E-state index in [9.17, 15) is 0 Å². The van der Waals surface area contributed by atoms with Gasteiger partial charge in [0.05, 0.1) is 6.54 Å². The maximum Gasteiger partial charge on any atom is 0.195 e. The molecule has 1 fully saturated rings. The Morgan fingerprint density at radius 1 is 1.00 bits per heavy atom. The highest BCUT2D eigenvalue weighted by Gasteiger charge is 2.40. The molecule has 1 aromatic carbocycles. The van der Waals surface area contributed by atoms with Crippen LogP contribution in [0.1, 0.15) is 24.8 Å². The van der Waals surface area contributed by atoms with Crippen LogP contribution in [-0.4, -0.2) is 68.0 Å². The number of nitrogens with zero attached hydrogens (tertiary/aromatic N) is 4. The van der Waals surface area contributed by atoms with E-state index < -0.39 is 0 Å². The molecule has 22 heavy (non-hydrogen) atoms. The van der Waals surface area contributed by atoms with Crippen LogP contribution in [0.5, 0.6) is 0 Å². The number of hydrogen-bond donors (Lipinski definition) is 0. The highest BCUT2D eigenvalue weighted by Crippen LogP contribution is 2.38. The monoisotopic (exact) mass is 302 g/mol. The summed E-state index contributed by atoms with van der Waals surface area (Å²) in [6.07, 6.45) is 3.80. The molecular formula is C18H30N4. The first-order valence-corrected chi connectivity index (χ1v) is 8.09. The van der Waals surface area contributed by atoms with Crippen molar-refractivity contribution in [3.63, 3.8) is 0 Å². The lowest BCUT2D eigenvalue weighted by atomic mass is 9.75. The second-order valence-corrected chi connectivity index (χ2v) is 6.82. The van der Waals surface area contributed by atoms with Gasteiger partial charge >= 0.3 is 0 Å². The van der Waals surface area contributed by atoms with Crippen molar-refractivity contribution in [2.24, 2.45) is 4.99 Å². The molecule has 0 spiro atoms. The van der Waals surface area contributed by atoms with Crippen molar-refractivity contribution in [2.75, 3.05) is 41.8 Å². The lowest BCUT2D eigenvalue weighted by Crippen LogP contribution is -2.54. The minimum Gasteiger partial charge on any atom is -0.349 e. The van der Waals surface area contributed by atoms with Crippen LogP contribution >= 0.6 is 0 Å². The van der Waals surface area contributed by atoms with Crippen LogP contribution in [0.3, 0.4) is 0 Å². The van der Waals surface area contributed by atoms with Crippen LogP contribution in [0.2, 0.25) is 0 Å². The van der Waals surface area contributed by atoms with E-state index in [0.29, 0.717) is 0 Å².